The molecule has 0 saturated heterocycles. The fourth-order valence-corrected chi connectivity index (χ4v) is 1.62. The van der Waals surface area contributed by atoms with E-state index in [1.54, 1.807) is 0 Å². The molecule has 0 amide bonds. The Balaban J connectivity index is 2.36. The van der Waals surface area contributed by atoms with Crippen LogP contribution < -0.4 is 10.5 Å². The summed E-state index contributed by atoms with van der Waals surface area (Å²) in [5.41, 5.74) is 5.87. The molecule has 0 aliphatic rings. The predicted octanol–water partition coefficient (Wildman–Crippen LogP) is 2.46. The predicted molar refractivity (Wildman–Crippen MR) is 69.0 cm³/mol. The Morgan fingerprint density at radius 3 is 2.80 bits per heavy atom. The molecule has 0 spiro atoms. The Morgan fingerprint density at radius 2 is 2.20 bits per heavy atom. The Morgan fingerprint density at radius 1 is 1.45 bits per heavy atom. The highest BCUT2D eigenvalue weighted by Gasteiger charge is 2.15. The number of halogens is 1. The minimum absolute atomic E-state index is 0.132. The van der Waals surface area contributed by atoms with E-state index in [4.69, 9.17) is 10.5 Å². The van der Waals surface area contributed by atoms with Gasteiger partial charge in [0, 0.05) is 6.07 Å². The normalized spacial score (nSPS) is 10.3. The third kappa shape index (κ3) is 2.63. The highest BCUT2D eigenvalue weighted by Crippen LogP contribution is 2.29. The number of rotatable bonds is 4. The standard InChI is InChI=1S/C12H11FN4O3/c1-2-8-11(14)15-6-16-12(8)20-10-4-3-7(17(18)19)5-9(10)13/h3-6H,2H2,1H3,(H2,14,15,16). The highest BCUT2D eigenvalue weighted by atomic mass is 19.1. The molecule has 8 heteroatoms. The largest absolute Gasteiger partial charge is 0.435 e. The van der Waals surface area contributed by atoms with Crippen LogP contribution in [0.15, 0.2) is 24.5 Å². The van der Waals surface area contributed by atoms with Gasteiger partial charge in [0.2, 0.25) is 5.88 Å². The Kier molecular flexibility index (Phi) is 3.74. The molecule has 2 N–H and O–H groups in total. The number of nitrogens with zero attached hydrogens (tertiary/aromatic N) is 3. The molecule has 7 nitrogen and oxygen atoms in total. The lowest BCUT2D eigenvalue weighted by atomic mass is 10.2. The Hall–Kier alpha value is -2.77. The van der Waals surface area contributed by atoms with E-state index < -0.39 is 10.7 Å². The zero-order valence-corrected chi connectivity index (χ0v) is 10.5. The topological polar surface area (TPSA) is 104 Å². The lowest BCUT2D eigenvalue weighted by molar-refractivity contribution is -0.385. The van der Waals surface area contributed by atoms with Crippen molar-refractivity contribution in [2.24, 2.45) is 0 Å². The first-order valence-corrected chi connectivity index (χ1v) is 5.74. The molecule has 0 bridgehead atoms. The van der Waals surface area contributed by atoms with E-state index >= 15 is 0 Å². The summed E-state index contributed by atoms with van der Waals surface area (Å²) in [7, 11) is 0. The van der Waals surface area contributed by atoms with Crippen LogP contribution in [0, 0.1) is 15.9 Å². The van der Waals surface area contributed by atoms with Crippen LogP contribution in [0.2, 0.25) is 0 Å². The summed E-state index contributed by atoms with van der Waals surface area (Å²) in [5.74, 6) is -0.630. The van der Waals surface area contributed by atoms with Gasteiger partial charge in [-0.15, -0.1) is 0 Å². The van der Waals surface area contributed by atoms with Crippen LogP contribution in [0.1, 0.15) is 12.5 Å². The van der Waals surface area contributed by atoms with Crippen LogP contribution in [-0.4, -0.2) is 14.9 Å². The zero-order chi connectivity index (χ0) is 14.7. The van der Waals surface area contributed by atoms with Crippen molar-refractivity contribution >= 4 is 11.5 Å². The maximum Gasteiger partial charge on any atom is 0.272 e. The maximum atomic E-state index is 13.7. The van der Waals surface area contributed by atoms with Gasteiger partial charge in [0.1, 0.15) is 12.1 Å². The van der Waals surface area contributed by atoms with Crippen molar-refractivity contribution in [1.29, 1.82) is 0 Å². The second-order valence-corrected chi connectivity index (χ2v) is 3.87. The van der Waals surface area contributed by atoms with Gasteiger partial charge in [-0.3, -0.25) is 10.1 Å². The smallest absolute Gasteiger partial charge is 0.272 e. The summed E-state index contributed by atoms with van der Waals surface area (Å²) in [6.07, 6.45) is 1.71. The lowest BCUT2D eigenvalue weighted by Gasteiger charge is -2.10. The molecule has 1 heterocycles. The minimum Gasteiger partial charge on any atom is -0.435 e. The molecule has 2 aromatic rings. The van der Waals surface area contributed by atoms with Crippen molar-refractivity contribution in [3.63, 3.8) is 0 Å². The van der Waals surface area contributed by atoms with Crippen LogP contribution >= 0.6 is 0 Å². The second kappa shape index (κ2) is 5.47. The number of benzene rings is 1. The number of ether oxygens (including phenoxy) is 1. The van der Waals surface area contributed by atoms with E-state index in [9.17, 15) is 14.5 Å². The highest BCUT2D eigenvalue weighted by molar-refractivity contribution is 5.47. The fourth-order valence-electron chi connectivity index (χ4n) is 1.62. The van der Waals surface area contributed by atoms with E-state index in [0.29, 0.717) is 12.0 Å². The number of hydrogen-bond acceptors (Lipinski definition) is 6. The van der Waals surface area contributed by atoms with Crippen LogP contribution in [0.25, 0.3) is 0 Å². The van der Waals surface area contributed by atoms with E-state index in [1.165, 1.54) is 12.4 Å². The third-order valence-corrected chi connectivity index (χ3v) is 2.63. The van der Waals surface area contributed by atoms with Gasteiger partial charge in [0.05, 0.1) is 16.6 Å². The van der Waals surface area contributed by atoms with E-state index in [0.717, 1.165) is 12.1 Å². The molecule has 2 rings (SSSR count). The number of nitrogen functional groups attached to an aromatic ring is 1. The SMILES string of the molecule is CCc1c(N)ncnc1Oc1ccc([N+](=O)[O-])cc1F. The molecule has 0 unspecified atom stereocenters. The fraction of sp³-hybridized carbons (Fsp3) is 0.167. The van der Waals surface area contributed by atoms with Crippen molar-refractivity contribution < 1.29 is 14.1 Å². The van der Waals surface area contributed by atoms with Gasteiger partial charge in [0.25, 0.3) is 5.69 Å². The van der Waals surface area contributed by atoms with E-state index in [-0.39, 0.29) is 23.1 Å². The van der Waals surface area contributed by atoms with Gasteiger partial charge in [-0.25, -0.2) is 14.4 Å². The average Bonchev–Trinajstić information content (AvgIpc) is 2.41. The Labute approximate surface area is 113 Å². The van der Waals surface area contributed by atoms with Crippen molar-refractivity contribution in [2.45, 2.75) is 13.3 Å². The summed E-state index contributed by atoms with van der Waals surface area (Å²) in [4.78, 5) is 17.5. The van der Waals surface area contributed by atoms with Crippen LogP contribution in [0.5, 0.6) is 11.6 Å². The lowest BCUT2D eigenvalue weighted by Crippen LogP contribution is -2.02. The molecule has 0 atom stereocenters. The van der Waals surface area contributed by atoms with Gasteiger partial charge in [-0.05, 0) is 12.5 Å². The summed E-state index contributed by atoms with van der Waals surface area (Å²) < 4.78 is 19.0. The van der Waals surface area contributed by atoms with Crippen LogP contribution in [0.3, 0.4) is 0 Å². The van der Waals surface area contributed by atoms with Gasteiger partial charge < -0.3 is 10.5 Å². The molecule has 0 saturated carbocycles. The van der Waals surface area contributed by atoms with Gasteiger partial charge in [0.15, 0.2) is 11.6 Å². The molecule has 104 valence electrons. The third-order valence-electron chi connectivity index (χ3n) is 2.63. The second-order valence-electron chi connectivity index (χ2n) is 3.87. The number of aromatic nitrogens is 2. The molecular formula is C12H11FN4O3. The number of hydrogen-bond donors (Lipinski definition) is 1. The van der Waals surface area contributed by atoms with Crippen molar-refractivity contribution in [3.8, 4) is 11.6 Å². The number of nitro benzene ring substituents is 1. The summed E-state index contributed by atoms with van der Waals surface area (Å²) in [6, 6.07) is 3.10. The molecular weight excluding hydrogens is 267 g/mol. The van der Waals surface area contributed by atoms with Gasteiger partial charge in [-0.2, -0.15) is 0 Å². The summed E-state index contributed by atoms with van der Waals surface area (Å²) >= 11 is 0. The van der Waals surface area contributed by atoms with Crippen LogP contribution in [-0.2, 0) is 6.42 Å². The minimum atomic E-state index is -0.849. The number of nitrogens with two attached hydrogens (primary N) is 1. The molecule has 0 aliphatic carbocycles. The van der Waals surface area contributed by atoms with Crippen LogP contribution in [0.4, 0.5) is 15.9 Å². The number of anilines is 1. The summed E-state index contributed by atoms with van der Waals surface area (Å²) in [6.45, 7) is 1.83. The van der Waals surface area contributed by atoms with E-state index in [1.807, 2.05) is 6.92 Å². The maximum absolute atomic E-state index is 13.7. The molecule has 20 heavy (non-hydrogen) atoms. The Bertz CT molecular complexity index is 663. The molecule has 1 aromatic heterocycles. The average molecular weight is 278 g/mol. The van der Waals surface area contributed by atoms with E-state index in [2.05, 4.69) is 9.97 Å². The van der Waals surface area contributed by atoms with Crippen molar-refractivity contribution in [1.82, 2.24) is 9.97 Å². The quantitative estimate of drug-likeness (QED) is 0.680. The zero-order valence-electron chi connectivity index (χ0n) is 10.5. The first-order chi connectivity index (χ1) is 9.52. The van der Waals surface area contributed by atoms with Crippen molar-refractivity contribution in [2.75, 3.05) is 5.73 Å². The van der Waals surface area contributed by atoms with Gasteiger partial charge in [-0.1, -0.05) is 6.92 Å². The number of non-ortho nitro benzene ring substituents is 1. The molecule has 0 radical (unpaired) electrons. The number of nitro groups is 1. The molecule has 0 fully saturated rings. The van der Waals surface area contributed by atoms with Gasteiger partial charge >= 0.3 is 0 Å². The molecule has 1 aromatic carbocycles. The summed E-state index contributed by atoms with van der Waals surface area (Å²) in [5, 5.41) is 10.5. The van der Waals surface area contributed by atoms with Crippen molar-refractivity contribution in [3.05, 3.63) is 46.0 Å². The first kappa shape index (κ1) is 13.7. The monoisotopic (exact) mass is 278 g/mol. The molecule has 0 aliphatic heterocycles. The first-order valence-electron chi connectivity index (χ1n) is 5.74.